The van der Waals surface area contributed by atoms with Gasteiger partial charge in [0.2, 0.25) is 0 Å². The Balaban J connectivity index is 2.26. The fourth-order valence-electron chi connectivity index (χ4n) is 2.12. The summed E-state index contributed by atoms with van der Waals surface area (Å²) in [6, 6.07) is 5.99. The Morgan fingerprint density at radius 2 is 2.00 bits per heavy atom. The molecule has 0 fully saturated rings. The van der Waals surface area contributed by atoms with Crippen LogP contribution in [0.15, 0.2) is 48.6 Å². The van der Waals surface area contributed by atoms with Crippen LogP contribution in [0.25, 0.3) is 0 Å². The molecule has 0 aromatic heterocycles. The minimum Gasteiger partial charge on any atom is -0.466 e. The van der Waals surface area contributed by atoms with Gasteiger partial charge in [-0.05, 0) is 43.5 Å². The van der Waals surface area contributed by atoms with Crippen LogP contribution in [0.2, 0.25) is 0 Å². The Hall–Kier alpha value is -2.42. The molecule has 4 nitrogen and oxygen atoms in total. The first-order valence-electron chi connectivity index (χ1n) is 8.62. The molecule has 1 aromatic carbocycles. The molecule has 26 heavy (non-hydrogen) atoms. The number of aliphatic hydroxyl groups is 2. The summed E-state index contributed by atoms with van der Waals surface area (Å²) < 4.78 is 17.6. The van der Waals surface area contributed by atoms with Crippen LogP contribution in [0.1, 0.15) is 31.7 Å². The van der Waals surface area contributed by atoms with Crippen LogP contribution in [0.5, 0.6) is 0 Å². The van der Waals surface area contributed by atoms with Crippen molar-refractivity contribution in [3.63, 3.8) is 0 Å². The SMILES string of the molecule is CCOC(=O)CCC[C@@H](O)C#C/C=C/C=C\[C@@H](O)Cc1ccc(F)cc1. The third-order valence-corrected chi connectivity index (χ3v) is 3.40. The third-order valence-electron chi connectivity index (χ3n) is 3.40. The first-order chi connectivity index (χ1) is 12.5. The van der Waals surface area contributed by atoms with Gasteiger partial charge in [-0.25, -0.2) is 4.39 Å². The summed E-state index contributed by atoms with van der Waals surface area (Å²) in [7, 11) is 0. The number of rotatable bonds is 9. The molecule has 0 heterocycles. The average molecular weight is 360 g/mol. The van der Waals surface area contributed by atoms with Gasteiger partial charge >= 0.3 is 5.97 Å². The smallest absolute Gasteiger partial charge is 0.305 e. The Kier molecular flexibility index (Phi) is 10.7. The van der Waals surface area contributed by atoms with Gasteiger partial charge in [0.25, 0.3) is 0 Å². The molecule has 0 aliphatic carbocycles. The molecule has 0 radical (unpaired) electrons. The predicted molar refractivity (Wildman–Crippen MR) is 98.7 cm³/mol. The highest BCUT2D eigenvalue weighted by molar-refractivity contribution is 5.69. The normalized spacial score (nSPS) is 13.4. The molecule has 0 bridgehead atoms. The van der Waals surface area contributed by atoms with E-state index in [-0.39, 0.29) is 18.2 Å². The Morgan fingerprint density at radius 1 is 1.27 bits per heavy atom. The van der Waals surface area contributed by atoms with Gasteiger partial charge in [-0.15, -0.1) is 0 Å². The number of hydrogen-bond acceptors (Lipinski definition) is 4. The highest BCUT2D eigenvalue weighted by Gasteiger charge is 2.04. The van der Waals surface area contributed by atoms with E-state index in [1.165, 1.54) is 12.1 Å². The van der Waals surface area contributed by atoms with Crippen LogP contribution in [0.3, 0.4) is 0 Å². The lowest BCUT2D eigenvalue weighted by molar-refractivity contribution is -0.143. The maximum absolute atomic E-state index is 12.8. The fraction of sp³-hybridized carbons (Fsp3) is 0.381. The molecule has 0 amide bonds. The summed E-state index contributed by atoms with van der Waals surface area (Å²) in [6.07, 6.45) is 6.63. The molecule has 5 heteroatoms. The number of halogens is 1. The van der Waals surface area contributed by atoms with E-state index in [4.69, 9.17) is 4.74 Å². The molecule has 0 saturated heterocycles. The molecule has 0 spiro atoms. The van der Waals surface area contributed by atoms with E-state index in [2.05, 4.69) is 11.8 Å². The molecule has 1 rings (SSSR count). The van der Waals surface area contributed by atoms with Crippen molar-refractivity contribution in [2.75, 3.05) is 6.61 Å². The molecule has 2 atom stereocenters. The van der Waals surface area contributed by atoms with Crippen molar-refractivity contribution >= 4 is 5.97 Å². The van der Waals surface area contributed by atoms with Gasteiger partial charge in [0.15, 0.2) is 0 Å². The van der Waals surface area contributed by atoms with Crippen molar-refractivity contribution in [2.45, 2.75) is 44.8 Å². The van der Waals surface area contributed by atoms with Crippen molar-refractivity contribution in [3.8, 4) is 11.8 Å². The summed E-state index contributed by atoms with van der Waals surface area (Å²) in [5.41, 5.74) is 0.846. The van der Waals surface area contributed by atoms with Gasteiger partial charge in [0.1, 0.15) is 11.9 Å². The van der Waals surface area contributed by atoms with Gasteiger partial charge < -0.3 is 14.9 Å². The zero-order valence-electron chi connectivity index (χ0n) is 14.9. The number of hydrogen-bond donors (Lipinski definition) is 2. The molecular formula is C21H25FO4. The van der Waals surface area contributed by atoms with Crippen molar-refractivity contribution in [1.29, 1.82) is 0 Å². The Morgan fingerprint density at radius 3 is 2.69 bits per heavy atom. The molecule has 140 valence electrons. The summed E-state index contributed by atoms with van der Waals surface area (Å²) in [5.74, 6) is 4.79. The van der Waals surface area contributed by atoms with E-state index in [0.29, 0.717) is 25.9 Å². The van der Waals surface area contributed by atoms with E-state index < -0.39 is 12.2 Å². The first kappa shape index (κ1) is 21.6. The largest absolute Gasteiger partial charge is 0.466 e. The lowest BCUT2D eigenvalue weighted by atomic mass is 10.1. The summed E-state index contributed by atoms with van der Waals surface area (Å²) in [4.78, 5) is 11.1. The van der Waals surface area contributed by atoms with Crippen LogP contribution >= 0.6 is 0 Å². The first-order valence-corrected chi connectivity index (χ1v) is 8.62. The van der Waals surface area contributed by atoms with E-state index in [0.717, 1.165) is 5.56 Å². The summed E-state index contributed by atoms with van der Waals surface area (Å²) >= 11 is 0. The third kappa shape index (κ3) is 10.4. The van der Waals surface area contributed by atoms with E-state index >= 15 is 0 Å². The quantitative estimate of drug-likeness (QED) is 0.404. The zero-order valence-corrected chi connectivity index (χ0v) is 14.9. The minimum atomic E-state index is -0.790. The highest BCUT2D eigenvalue weighted by atomic mass is 19.1. The molecule has 2 N–H and O–H groups in total. The number of esters is 1. The van der Waals surface area contributed by atoms with Crippen LogP contribution in [0.4, 0.5) is 4.39 Å². The summed E-state index contributed by atoms with van der Waals surface area (Å²) in [5, 5.41) is 19.5. The fourth-order valence-corrected chi connectivity index (χ4v) is 2.12. The maximum Gasteiger partial charge on any atom is 0.305 e. The van der Waals surface area contributed by atoms with E-state index in [1.807, 2.05) is 0 Å². The molecule has 1 aromatic rings. The van der Waals surface area contributed by atoms with Gasteiger partial charge in [0.05, 0.1) is 12.7 Å². The number of carbonyl (C=O) groups is 1. The van der Waals surface area contributed by atoms with Crippen molar-refractivity contribution in [1.82, 2.24) is 0 Å². The second kappa shape index (κ2) is 12.9. The number of benzene rings is 1. The minimum absolute atomic E-state index is 0.267. The summed E-state index contributed by atoms with van der Waals surface area (Å²) in [6.45, 7) is 2.11. The number of ether oxygens (including phenoxy) is 1. The second-order valence-corrected chi connectivity index (χ2v) is 5.64. The monoisotopic (exact) mass is 360 g/mol. The predicted octanol–water partition coefficient (Wildman–Crippen LogP) is 2.94. The Bertz CT molecular complexity index is 653. The molecule has 0 aliphatic heterocycles. The van der Waals surface area contributed by atoms with Crippen LogP contribution in [-0.2, 0) is 16.0 Å². The number of allylic oxidation sites excluding steroid dienone is 3. The van der Waals surface area contributed by atoms with Crippen molar-refractivity contribution in [2.24, 2.45) is 0 Å². The van der Waals surface area contributed by atoms with Crippen molar-refractivity contribution < 1.29 is 24.1 Å². The van der Waals surface area contributed by atoms with Crippen LogP contribution in [0, 0.1) is 17.7 Å². The Labute approximate surface area is 154 Å². The topological polar surface area (TPSA) is 66.8 Å². The van der Waals surface area contributed by atoms with Gasteiger partial charge in [0, 0.05) is 12.8 Å². The molecular weight excluding hydrogens is 335 g/mol. The lowest BCUT2D eigenvalue weighted by Gasteiger charge is -2.04. The lowest BCUT2D eigenvalue weighted by Crippen LogP contribution is -2.07. The highest BCUT2D eigenvalue weighted by Crippen LogP contribution is 2.06. The van der Waals surface area contributed by atoms with E-state index in [9.17, 15) is 19.4 Å². The molecule has 0 saturated carbocycles. The number of aliphatic hydroxyl groups excluding tert-OH is 2. The van der Waals surface area contributed by atoms with Crippen LogP contribution < -0.4 is 0 Å². The molecule has 0 unspecified atom stereocenters. The average Bonchev–Trinajstić information content (AvgIpc) is 2.60. The van der Waals surface area contributed by atoms with Gasteiger partial charge in [-0.1, -0.05) is 42.2 Å². The van der Waals surface area contributed by atoms with Crippen LogP contribution in [-0.4, -0.2) is 35.0 Å². The second-order valence-electron chi connectivity index (χ2n) is 5.64. The van der Waals surface area contributed by atoms with Gasteiger partial charge in [-0.3, -0.25) is 4.79 Å². The van der Waals surface area contributed by atoms with Crippen molar-refractivity contribution in [3.05, 3.63) is 60.0 Å². The zero-order chi connectivity index (χ0) is 19.2. The maximum atomic E-state index is 12.8. The number of carbonyl (C=O) groups excluding carboxylic acids is 1. The van der Waals surface area contributed by atoms with Gasteiger partial charge in [-0.2, -0.15) is 0 Å². The van der Waals surface area contributed by atoms with E-state index in [1.54, 1.807) is 43.4 Å². The molecule has 0 aliphatic rings. The standard InChI is InChI=1S/C21H25FO4/c1-2-26-21(25)11-7-10-19(23)8-5-3-4-6-9-20(24)16-17-12-14-18(22)15-13-17/h3-4,6,9,12-15,19-20,23-24H,2,7,10-11,16H2,1H3/b4-3+,9-6-/t19-,20+/m0/s1.